The van der Waals surface area contributed by atoms with Gasteiger partial charge in [0.15, 0.2) is 11.6 Å². The first-order chi connectivity index (χ1) is 7.63. The van der Waals surface area contributed by atoms with Crippen molar-refractivity contribution >= 4 is 17.2 Å². The predicted octanol–water partition coefficient (Wildman–Crippen LogP) is 3.12. The third-order valence-electron chi connectivity index (χ3n) is 2.37. The maximum Gasteiger partial charge on any atom is 0.182 e. The third kappa shape index (κ3) is 1.78. The molecule has 2 heterocycles. The fraction of sp³-hybridized carbons (Fsp3) is 0.364. The van der Waals surface area contributed by atoms with Gasteiger partial charge in [0, 0.05) is 17.0 Å². The number of aromatic nitrogens is 1. The molecular weight excluding hydrogens is 224 g/mol. The summed E-state index contributed by atoms with van der Waals surface area (Å²) in [6, 6.07) is 1.93. The van der Waals surface area contributed by atoms with Gasteiger partial charge in [0.25, 0.3) is 0 Å². The second-order valence-electron chi connectivity index (χ2n) is 3.82. The maximum absolute atomic E-state index is 5.79. The molecule has 0 unspecified atom stereocenters. The Labute approximate surface area is 98.0 Å². The van der Waals surface area contributed by atoms with E-state index >= 15 is 0 Å². The van der Waals surface area contributed by atoms with Gasteiger partial charge in [-0.1, -0.05) is 19.0 Å². The fourth-order valence-electron chi connectivity index (χ4n) is 1.59. The SMILES string of the molecule is COc1csc(-c2onc(N)c2C(C)C)c1. The Morgan fingerprint density at radius 1 is 1.50 bits per heavy atom. The van der Waals surface area contributed by atoms with E-state index in [9.17, 15) is 0 Å². The van der Waals surface area contributed by atoms with Crippen LogP contribution in [0.25, 0.3) is 10.6 Å². The molecule has 0 aliphatic carbocycles. The first kappa shape index (κ1) is 11.0. The first-order valence-corrected chi connectivity index (χ1v) is 5.89. The van der Waals surface area contributed by atoms with Gasteiger partial charge in [-0.05, 0) is 5.92 Å². The molecule has 0 amide bonds. The first-order valence-electron chi connectivity index (χ1n) is 5.01. The van der Waals surface area contributed by atoms with Crippen LogP contribution in [0.3, 0.4) is 0 Å². The average Bonchev–Trinajstić information content (AvgIpc) is 2.82. The molecule has 0 spiro atoms. The summed E-state index contributed by atoms with van der Waals surface area (Å²) in [5, 5.41) is 5.75. The Morgan fingerprint density at radius 2 is 2.25 bits per heavy atom. The highest BCUT2D eigenvalue weighted by atomic mass is 32.1. The molecule has 0 aromatic carbocycles. The van der Waals surface area contributed by atoms with Crippen LogP contribution in [0, 0.1) is 0 Å². The summed E-state index contributed by atoms with van der Waals surface area (Å²) in [7, 11) is 1.64. The number of hydrogen-bond donors (Lipinski definition) is 1. The van der Waals surface area contributed by atoms with E-state index in [-0.39, 0.29) is 5.92 Å². The van der Waals surface area contributed by atoms with Crippen molar-refractivity contribution in [1.29, 1.82) is 0 Å². The van der Waals surface area contributed by atoms with Crippen molar-refractivity contribution in [3.8, 4) is 16.4 Å². The van der Waals surface area contributed by atoms with Gasteiger partial charge in [-0.25, -0.2) is 0 Å². The summed E-state index contributed by atoms with van der Waals surface area (Å²) < 4.78 is 10.4. The van der Waals surface area contributed by atoms with E-state index in [2.05, 4.69) is 19.0 Å². The molecule has 86 valence electrons. The molecule has 4 nitrogen and oxygen atoms in total. The van der Waals surface area contributed by atoms with Crippen molar-refractivity contribution < 1.29 is 9.26 Å². The molecule has 0 aliphatic rings. The normalized spacial score (nSPS) is 11.0. The molecule has 0 saturated heterocycles. The highest BCUT2D eigenvalue weighted by Crippen LogP contribution is 2.38. The Hall–Kier alpha value is -1.49. The van der Waals surface area contributed by atoms with Gasteiger partial charge >= 0.3 is 0 Å². The molecule has 0 atom stereocenters. The topological polar surface area (TPSA) is 61.3 Å². The average molecular weight is 238 g/mol. The van der Waals surface area contributed by atoms with Crippen LogP contribution in [0.1, 0.15) is 25.3 Å². The number of nitrogens with two attached hydrogens (primary N) is 1. The number of thiophene rings is 1. The predicted molar refractivity (Wildman–Crippen MR) is 64.9 cm³/mol. The molecule has 16 heavy (non-hydrogen) atoms. The third-order valence-corrected chi connectivity index (χ3v) is 3.28. The molecule has 2 N–H and O–H groups in total. The molecule has 2 aromatic heterocycles. The van der Waals surface area contributed by atoms with Crippen LogP contribution in [0.2, 0.25) is 0 Å². The van der Waals surface area contributed by atoms with Gasteiger partial charge in [-0.2, -0.15) is 0 Å². The zero-order chi connectivity index (χ0) is 11.7. The Morgan fingerprint density at radius 3 is 2.81 bits per heavy atom. The van der Waals surface area contributed by atoms with E-state index in [1.54, 1.807) is 18.4 Å². The number of nitrogen functional groups attached to an aromatic ring is 1. The van der Waals surface area contributed by atoms with Crippen LogP contribution >= 0.6 is 11.3 Å². The number of hydrogen-bond acceptors (Lipinski definition) is 5. The van der Waals surface area contributed by atoms with E-state index in [0.717, 1.165) is 22.0 Å². The second kappa shape index (κ2) is 4.17. The van der Waals surface area contributed by atoms with Gasteiger partial charge < -0.3 is 15.0 Å². The second-order valence-corrected chi connectivity index (χ2v) is 4.73. The van der Waals surface area contributed by atoms with Crippen molar-refractivity contribution in [1.82, 2.24) is 5.16 Å². The number of nitrogens with zero attached hydrogens (tertiary/aromatic N) is 1. The smallest absolute Gasteiger partial charge is 0.182 e. The number of anilines is 1. The van der Waals surface area contributed by atoms with Crippen LogP contribution in [-0.2, 0) is 0 Å². The quantitative estimate of drug-likeness (QED) is 0.892. The largest absolute Gasteiger partial charge is 0.496 e. The minimum Gasteiger partial charge on any atom is -0.496 e. The van der Waals surface area contributed by atoms with Crippen molar-refractivity contribution in [3.63, 3.8) is 0 Å². The summed E-state index contributed by atoms with van der Waals surface area (Å²) in [5.74, 6) is 2.33. The molecule has 0 aliphatic heterocycles. The van der Waals surface area contributed by atoms with Crippen LogP contribution in [-0.4, -0.2) is 12.3 Å². The zero-order valence-electron chi connectivity index (χ0n) is 9.48. The van der Waals surface area contributed by atoms with E-state index in [4.69, 9.17) is 15.0 Å². The lowest BCUT2D eigenvalue weighted by atomic mass is 10.0. The molecule has 2 rings (SSSR count). The van der Waals surface area contributed by atoms with Gasteiger partial charge in [-0.15, -0.1) is 11.3 Å². The summed E-state index contributed by atoms with van der Waals surface area (Å²) >= 11 is 1.56. The number of rotatable bonds is 3. The van der Waals surface area contributed by atoms with Crippen LogP contribution < -0.4 is 10.5 Å². The molecule has 0 saturated carbocycles. The van der Waals surface area contributed by atoms with Gasteiger partial charge in [-0.3, -0.25) is 0 Å². The van der Waals surface area contributed by atoms with Crippen molar-refractivity contribution in [3.05, 3.63) is 17.0 Å². The Kier molecular flexibility index (Phi) is 2.87. The fourth-order valence-corrected chi connectivity index (χ4v) is 2.44. The number of methoxy groups -OCH3 is 1. The molecule has 0 bridgehead atoms. The number of ether oxygens (including phenoxy) is 1. The van der Waals surface area contributed by atoms with E-state index in [1.165, 1.54) is 0 Å². The molecule has 2 aromatic rings. The lowest BCUT2D eigenvalue weighted by molar-refractivity contribution is 0.416. The summed E-state index contributed by atoms with van der Waals surface area (Å²) in [4.78, 5) is 0.991. The van der Waals surface area contributed by atoms with E-state index in [1.807, 2.05) is 11.4 Å². The van der Waals surface area contributed by atoms with Crippen LogP contribution in [0.5, 0.6) is 5.75 Å². The van der Waals surface area contributed by atoms with Crippen LogP contribution in [0.15, 0.2) is 16.0 Å². The highest BCUT2D eigenvalue weighted by molar-refractivity contribution is 7.13. The van der Waals surface area contributed by atoms with Gasteiger partial charge in [0.1, 0.15) is 5.75 Å². The van der Waals surface area contributed by atoms with E-state index < -0.39 is 0 Å². The summed E-state index contributed by atoms with van der Waals surface area (Å²) in [6.07, 6.45) is 0. The summed E-state index contributed by atoms with van der Waals surface area (Å²) in [5.41, 5.74) is 6.75. The van der Waals surface area contributed by atoms with Crippen LogP contribution in [0.4, 0.5) is 5.82 Å². The lowest BCUT2D eigenvalue weighted by Crippen LogP contribution is -1.94. The highest BCUT2D eigenvalue weighted by Gasteiger charge is 2.19. The van der Waals surface area contributed by atoms with Crippen molar-refractivity contribution in [2.45, 2.75) is 19.8 Å². The molecule has 0 fully saturated rings. The maximum atomic E-state index is 5.79. The van der Waals surface area contributed by atoms with Crippen molar-refractivity contribution in [2.24, 2.45) is 0 Å². The molecular formula is C11H14N2O2S. The molecule has 0 radical (unpaired) electrons. The standard InChI is InChI=1S/C11H14N2O2S/c1-6(2)9-10(15-13-11(9)12)8-4-7(14-3)5-16-8/h4-6H,1-3H3,(H2,12,13). The van der Waals surface area contributed by atoms with Gasteiger partial charge in [0.05, 0.1) is 12.0 Å². The Balaban J connectivity index is 2.47. The lowest BCUT2D eigenvalue weighted by Gasteiger charge is -2.03. The Bertz CT molecular complexity index is 488. The van der Waals surface area contributed by atoms with Crippen molar-refractivity contribution in [2.75, 3.05) is 12.8 Å². The monoisotopic (exact) mass is 238 g/mol. The molecule has 5 heteroatoms. The minimum absolute atomic E-state index is 0.286. The van der Waals surface area contributed by atoms with E-state index in [0.29, 0.717) is 5.82 Å². The van der Waals surface area contributed by atoms with Gasteiger partial charge in [0.2, 0.25) is 0 Å². The summed E-state index contributed by atoms with van der Waals surface area (Å²) in [6.45, 7) is 4.13. The minimum atomic E-state index is 0.286. The zero-order valence-corrected chi connectivity index (χ0v) is 10.3.